The van der Waals surface area contributed by atoms with Gasteiger partial charge in [0.05, 0.1) is 17.2 Å². The van der Waals surface area contributed by atoms with E-state index in [1.165, 1.54) is 7.05 Å². The summed E-state index contributed by atoms with van der Waals surface area (Å²) in [5, 5.41) is 5.90. The number of hydrogen-bond acceptors (Lipinski definition) is 3. The minimum atomic E-state index is -0.506. The zero-order valence-corrected chi connectivity index (χ0v) is 15.8. The summed E-state index contributed by atoms with van der Waals surface area (Å²) in [7, 11) is 1.53. The maximum Gasteiger partial charge on any atom is 0.253 e. The van der Waals surface area contributed by atoms with Gasteiger partial charge in [-0.1, -0.05) is 29.8 Å². The van der Waals surface area contributed by atoms with Crippen LogP contribution in [-0.4, -0.2) is 31.3 Å². The molecule has 2 N–H and O–H groups in total. The maximum atomic E-state index is 12.7. The van der Waals surface area contributed by atoms with Crippen molar-refractivity contribution in [3.05, 3.63) is 58.6 Å². The lowest BCUT2D eigenvalue weighted by molar-refractivity contribution is -0.122. The minimum absolute atomic E-state index is 0.111. The number of benzene rings is 2. The summed E-state index contributed by atoms with van der Waals surface area (Å²) in [6.45, 7) is 2.12. The Morgan fingerprint density at radius 2 is 1.89 bits per heavy atom. The van der Waals surface area contributed by atoms with Crippen LogP contribution in [0.1, 0.15) is 22.3 Å². The smallest absolute Gasteiger partial charge is 0.253 e. The van der Waals surface area contributed by atoms with Gasteiger partial charge in [-0.2, -0.15) is 0 Å². The van der Waals surface area contributed by atoms with Crippen molar-refractivity contribution in [2.75, 3.05) is 23.8 Å². The van der Waals surface area contributed by atoms with Gasteiger partial charge in [-0.3, -0.25) is 14.4 Å². The second-order valence-corrected chi connectivity index (χ2v) is 6.81. The Balaban J connectivity index is 1.77. The van der Waals surface area contributed by atoms with Gasteiger partial charge >= 0.3 is 0 Å². The molecule has 0 radical (unpaired) electrons. The van der Waals surface area contributed by atoms with Gasteiger partial charge in [-0.25, -0.2) is 0 Å². The summed E-state index contributed by atoms with van der Waals surface area (Å²) in [6, 6.07) is 12.1. The molecular weight excluding hydrogens is 366 g/mol. The molecule has 0 bridgehead atoms. The van der Waals surface area contributed by atoms with Crippen LogP contribution in [0.2, 0.25) is 5.02 Å². The zero-order chi connectivity index (χ0) is 19.6. The molecule has 1 atom stereocenters. The molecule has 0 aliphatic carbocycles. The quantitative estimate of drug-likeness (QED) is 0.849. The third kappa shape index (κ3) is 3.80. The molecule has 1 fully saturated rings. The number of carbonyl (C=O) groups is 3. The normalized spacial score (nSPS) is 16.3. The molecule has 3 rings (SSSR count). The lowest BCUT2D eigenvalue weighted by Gasteiger charge is -2.20. The van der Waals surface area contributed by atoms with Gasteiger partial charge in [0.1, 0.15) is 0 Å². The van der Waals surface area contributed by atoms with E-state index in [1.807, 2.05) is 13.0 Å². The third-order valence-electron chi connectivity index (χ3n) is 4.68. The van der Waals surface area contributed by atoms with Crippen molar-refractivity contribution in [2.24, 2.45) is 5.92 Å². The zero-order valence-electron chi connectivity index (χ0n) is 15.1. The van der Waals surface area contributed by atoms with E-state index >= 15 is 0 Å². The first-order chi connectivity index (χ1) is 12.9. The first kappa shape index (κ1) is 18.9. The summed E-state index contributed by atoms with van der Waals surface area (Å²) in [5.74, 6) is -1.21. The minimum Gasteiger partial charge on any atom is -0.355 e. The number of amides is 3. The van der Waals surface area contributed by atoms with Gasteiger partial charge < -0.3 is 15.5 Å². The predicted molar refractivity (Wildman–Crippen MR) is 105 cm³/mol. The summed E-state index contributed by atoms with van der Waals surface area (Å²) >= 11 is 6.15. The number of para-hydroxylation sites is 1. The van der Waals surface area contributed by atoms with E-state index in [2.05, 4.69) is 10.6 Å². The van der Waals surface area contributed by atoms with Crippen LogP contribution in [0.5, 0.6) is 0 Å². The van der Waals surface area contributed by atoms with Gasteiger partial charge in [-0.15, -0.1) is 0 Å². The van der Waals surface area contributed by atoms with Crippen LogP contribution >= 0.6 is 11.6 Å². The van der Waals surface area contributed by atoms with Crippen LogP contribution in [-0.2, 0) is 9.59 Å². The molecule has 1 aliphatic rings. The Kier molecular flexibility index (Phi) is 5.46. The fourth-order valence-corrected chi connectivity index (χ4v) is 3.33. The number of carbonyl (C=O) groups excluding carboxylic acids is 3. The summed E-state index contributed by atoms with van der Waals surface area (Å²) in [4.78, 5) is 38.7. The van der Waals surface area contributed by atoms with Gasteiger partial charge in [0.15, 0.2) is 0 Å². The SMILES string of the molecule is CNC(=O)c1ccccc1NC(=O)[C@H]1CC(=O)N(c2cccc(Cl)c2C)C1. The molecule has 2 aromatic carbocycles. The van der Waals surface area contributed by atoms with E-state index in [0.717, 1.165) is 5.56 Å². The fraction of sp³-hybridized carbons (Fsp3) is 0.250. The van der Waals surface area contributed by atoms with Gasteiger partial charge in [0.25, 0.3) is 5.91 Å². The lowest BCUT2D eigenvalue weighted by atomic mass is 10.1. The fourth-order valence-electron chi connectivity index (χ4n) is 3.16. The molecule has 1 saturated heterocycles. The molecule has 27 heavy (non-hydrogen) atoms. The van der Waals surface area contributed by atoms with Gasteiger partial charge in [-0.05, 0) is 36.8 Å². The number of nitrogens with one attached hydrogen (secondary N) is 2. The highest BCUT2D eigenvalue weighted by Gasteiger charge is 2.36. The van der Waals surface area contributed by atoms with Crippen LogP contribution in [0.3, 0.4) is 0 Å². The molecule has 0 saturated carbocycles. The van der Waals surface area contributed by atoms with Crippen molar-refractivity contribution >= 4 is 40.7 Å². The number of anilines is 2. The topological polar surface area (TPSA) is 78.5 Å². The van der Waals surface area contributed by atoms with E-state index in [0.29, 0.717) is 22.0 Å². The molecule has 0 aromatic heterocycles. The molecule has 140 valence electrons. The number of hydrogen-bond donors (Lipinski definition) is 2. The number of halogens is 1. The molecule has 3 amide bonds. The van der Waals surface area contributed by atoms with Crippen LogP contribution in [0.25, 0.3) is 0 Å². The Hall–Kier alpha value is -2.86. The van der Waals surface area contributed by atoms with E-state index in [9.17, 15) is 14.4 Å². The standard InChI is InChI=1S/C20H20ClN3O3/c1-12-15(21)7-5-9-17(12)24-11-13(10-18(24)25)19(26)23-16-8-4-3-6-14(16)20(27)22-2/h3-9,13H,10-11H2,1-2H3,(H,22,27)(H,23,26)/t13-/m0/s1. The van der Waals surface area contributed by atoms with Crippen LogP contribution in [0, 0.1) is 12.8 Å². The lowest BCUT2D eigenvalue weighted by Crippen LogP contribution is -2.29. The van der Waals surface area contributed by atoms with Crippen LogP contribution in [0.4, 0.5) is 11.4 Å². The van der Waals surface area contributed by atoms with Crippen LogP contribution in [0.15, 0.2) is 42.5 Å². The Morgan fingerprint density at radius 3 is 2.63 bits per heavy atom. The second-order valence-electron chi connectivity index (χ2n) is 6.40. The number of nitrogens with zero attached hydrogens (tertiary/aromatic N) is 1. The highest BCUT2D eigenvalue weighted by Crippen LogP contribution is 2.32. The van der Waals surface area contributed by atoms with E-state index in [-0.39, 0.29) is 30.7 Å². The Labute approximate surface area is 162 Å². The second kappa shape index (κ2) is 7.80. The molecular formula is C20H20ClN3O3. The molecule has 7 heteroatoms. The van der Waals surface area contributed by atoms with Crippen molar-refractivity contribution in [2.45, 2.75) is 13.3 Å². The van der Waals surface area contributed by atoms with Crippen LogP contribution < -0.4 is 15.5 Å². The Bertz CT molecular complexity index is 913. The van der Waals surface area contributed by atoms with Crippen molar-refractivity contribution in [3.63, 3.8) is 0 Å². The maximum absolute atomic E-state index is 12.7. The van der Waals surface area contributed by atoms with E-state index in [1.54, 1.807) is 41.3 Å². The van der Waals surface area contributed by atoms with E-state index in [4.69, 9.17) is 11.6 Å². The van der Waals surface area contributed by atoms with Crippen molar-refractivity contribution in [1.82, 2.24) is 5.32 Å². The average Bonchev–Trinajstić information content (AvgIpc) is 3.05. The van der Waals surface area contributed by atoms with E-state index < -0.39 is 5.92 Å². The average molecular weight is 386 g/mol. The summed E-state index contributed by atoms with van der Waals surface area (Å²) in [5.41, 5.74) is 2.32. The largest absolute Gasteiger partial charge is 0.355 e. The molecule has 0 unspecified atom stereocenters. The van der Waals surface area contributed by atoms with Gasteiger partial charge in [0.2, 0.25) is 11.8 Å². The molecule has 6 nitrogen and oxygen atoms in total. The molecule has 1 aliphatic heterocycles. The summed E-state index contributed by atoms with van der Waals surface area (Å²) in [6.07, 6.45) is 0.111. The highest BCUT2D eigenvalue weighted by atomic mass is 35.5. The van der Waals surface area contributed by atoms with Crippen molar-refractivity contribution in [1.29, 1.82) is 0 Å². The van der Waals surface area contributed by atoms with Crippen molar-refractivity contribution < 1.29 is 14.4 Å². The molecule has 1 heterocycles. The molecule has 0 spiro atoms. The van der Waals surface area contributed by atoms with Crippen molar-refractivity contribution in [3.8, 4) is 0 Å². The Morgan fingerprint density at radius 1 is 1.15 bits per heavy atom. The number of rotatable bonds is 4. The monoisotopic (exact) mass is 385 g/mol. The summed E-state index contributed by atoms with van der Waals surface area (Å²) < 4.78 is 0. The van der Waals surface area contributed by atoms with Gasteiger partial charge in [0, 0.05) is 30.7 Å². The first-order valence-electron chi connectivity index (χ1n) is 8.59. The predicted octanol–water partition coefficient (Wildman–Crippen LogP) is 3.00. The highest BCUT2D eigenvalue weighted by molar-refractivity contribution is 6.31. The molecule has 2 aromatic rings. The third-order valence-corrected chi connectivity index (χ3v) is 5.09. The first-order valence-corrected chi connectivity index (χ1v) is 8.97.